The third-order valence-electron chi connectivity index (χ3n) is 4.36. The molecule has 2 aromatic rings. The number of ether oxygens (including phenoxy) is 1. The van der Waals surface area contributed by atoms with Gasteiger partial charge in [0, 0.05) is 24.1 Å². The van der Waals surface area contributed by atoms with Gasteiger partial charge in [-0.1, -0.05) is 42.5 Å². The topological polar surface area (TPSA) is 38.3 Å². The molecule has 0 radical (unpaired) electrons. The molecular weight excluding hydrogens is 298 g/mol. The quantitative estimate of drug-likeness (QED) is 0.791. The van der Waals surface area contributed by atoms with E-state index in [0.29, 0.717) is 12.3 Å². The summed E-state index contributed by atoms with van der Waals surface area (Å²) in [5.74, 6) is 1.30. The van der Waals surface area contributed by atoms with Gasteiger partial charge in [0.25, 0.3) is 0 Å². The van der Waals surface area contributed by atoms with E-state index in [9.17, 15) is 4.79 Å². The summed E-state index contributed by atoms with van der Waals surface area (Å²) in [6, 6.07) is 16.1. The lowest BCUT2D eigenvalue weighted by Crippen LogP contribution is -2.15. The molecule has 1 unspecified atom stereocenters. The van der Waals surface area contributed by atoms with Crippen molar-refractivity contribution in [1.29, 1.82) is 0 Å². The van der Waals surface area contributed by atoms with Crippen molar-refractivity contribution in [2.24, 2.45) is 5.92 Å². The smallest absolute Gasteiger partial charge is 0.224 e. The van der Waals surface area contributed by atoms with Crippen LogP contribution in [0.4, 0.5) is 5.69 Å². The first-order valence-corrected chi connectivity index (χ1v) is 8.42. The Kier molecular flexibility index (Phi) is 5.32. The highest BCUT2D eigenvalue weighted by atomic mass is 16.5. The van der Waals surface area contributed by atoms with Gasteiger partial charge in [-0.2, -0.15) is 0 Å². The first-order chi connectivity index (χ1) is 11.7. The number of methoxy groups -OCH3 is 1. The molecule has 3 rings (SSSR count). The summed E-state index contributed by atoms with van der Waals surface area (Å²) < 4.78 is 5.46. The van der Waals surface area contributed by atoms with Gasteiger partial charge in [-0.05, 0) is 42.5 Å². The van der Waals surface area contributed by atoms with Gasteiger partial charge in [0.05, 0.1) is 7.11 Å². The average Bonchev–Trinajstić information content (AvgIpc) is 3.09. The number of anilines is 1. The van der Waals surface area contributed by atoms with Crippen molar-refractivity contribution < 1.29 is 9.53 Å². The van der Waals surface area contributed by atoms with Crippen LogP contribution in [0.1, 0.15) is 30.4 Å². The Hall–Kier alpha value is -2.55. The average molecular weight is 321 g/mol. The van der Waals surface area contributed by atoms with E-state index >= 15 is 0 Å². The zero-order chi connectivity index (χ0) is 16.8. The van der Waals surface area contributed by atoms with Crippen LogP contribution in [0.2, 0.25) is 0 Å². The lowest BCUT2D eigenvalue weighted by Gasteiger charge is -2.13. The van der Waals surface area contributed by atoms with Gasteiger partial charge in [-0.15, -0.1) is 0 Å². The van der Waals surface area contributed by atoms with Crippen molar-refractivity contribution in [2.75, 3.05) is 12.4 Å². The molecule has 0 heterocycles. The van der Waals surface area contributed by atoms with Gasteiger partial charge in [-0.3, -0.25) is 4.79 Å². The van der Waals surface area contributed by atoms with Gasteiger partial charge < -0.3 is 10.1 Å². The SMILES string of the molecule is COc1ccc(NC(=O)CC2C=CCC2)cc1Cc1ccccc1. The predicted octanol–water partition coefficient (Wildman–Crippen LogP) is 4.58. The minimum absolute atomic E-state index is 0.0716. The van der Waals surface area contributed by atoms with Crippen LogP contribution < -0.4 is 10.1 Å². The number of benzene rings is 2. The maximum absolute atomic E-state index is 12.2. The number of carbonyl (C=O) groups is 1. The molecule has 0 aromatic heterocycles. The van der Waals surface area contributed by atoms with Crippen LogP contribution in [0.25, 0.3) is 0 Å². The van der Waals surface area contributed by atoms with Crippen molar-refractivity contribution >= 4 is 11.6 Å². The van der Waals surface area contributed by atoms with Crippen molar-refractivity contribution in [1.82, 2.24) is 0 Å². The number of carbonyl (C=O) groups excluding carboxylic acids is 1. The first-order valence-electron chi connectivity index (χ1n) is 8.42. The highest BCUT2D eigenvalue weighted by molar-refractivity contribution is 5.91. The van der Waals surface area contributed by atoms with Crippen molar-refractivity contribution in [3.8, 4) is 5.75 Å². The largest absolute Gasteiger partial charge is 0.496 e. The maximum Gasteiger partial charge on any atom is 0.224 e. The molecular formula is C21H23NO2. The van der Waals surface area contributed by atoms with E-state index in [-0.39, 0.29) is 5.91 Å². The molecule has 0 saturated carbocycles. The maximum atomic E-state index is 12.2. The molecule has 0 aliphatic heterocycles. The van der Waals surface area contributed by atoms with E-state index in [0.717, 1.165) is 36.3 Å². The number of allylic oxidation sites excluding steroid dienone is 2. The molecule has 1 aliphatic rings. The van der Waals surface area contributed by atoms with Crippen molar-refractivity contribution in [3.63, 3.8) is 0 Å². The number of hydrogen-bond donors (Lipinski definition) is 1. The Labute approximate surface area is 143 Å². The molecule has 0 spiro atoms. The Bertz CT molecular complexity index is 722. The van der Waals surface area contributed by atoms with Crippen LogP contribution in [0.5, 0.6) is 5.75 Å². The van der Waals surface area contributed by atoms with Gasteiger partial charge in [0.1, 0.15) is 5.75 Å². The standard InChI is InChI=1S/C21H23NO2/c1-24-20-12-11-19(22-21(23)14-17-9-5-6-10-17)15-18(20)13-16-7-3-2-4-8-16/h2-5,7-9,11-12,15,17H,6,10,13-14H2,1H3,(H,22,23). The number of amides is 1. The van der Waals surface area contributed by atoms with Crippen LogP contribution in [0.15, 0.2) is 60.7 Å². The summed E-state index contributed by atoms with van der Waals surface area (Å²) in [7, 11) is 1.68. The minimum atomic E-state index is 0.0716. The third kappa shape index (κ3) is 4.25. The van der Waals surface area contributed by atoms with Crippen LogP contribution in [0, 0.1) is 5.92 Å². The molecule has 24 heavy (non-hydrogen) atoms. The van der Waals surface area contributed by atoms with Gasteiger partial charge in [0.15, 0.2) is 0 Å². The van der Waals surface area contributed by atoms with Gasteiger partial charge >= 0.3 is 0 Å². The second kappa shape index (κ2) is 7.82. The molecule has 2 aromatic carbocycles. The zero-order valence-electron chi connectivity index (χ0n) is 14.0. The van der Waals surface area contributed by atoms with Gasteiger partial charge in [-0.25, -0.2) is 0 Å². The van der Waals surface area contributed by atoms with E-state index in [2.05, 4.69) is 29.6 Å². The summed E-state index contributed by atoms with van der Waals surface area (Å²) >= 11 is 0. The summed E-state index contributed by atoms with van der Waals surface area (Å²) in [5, 5.41) is 3.02. The lowest BCUT2D eigenvalue weighted by atomic mass is 10.0. The fourth-order valence-electron chi connectivity index (χ4n) is 3.13. The summed E-state index contributed by atoms with van der Waals surface area (Å²) in [5.41, 5.74) is 3.12. The lowest BCUT2D eigenvalue weighted by molar-refractivity contribution is -0.116. The van der Waals surface area contributed by atoms with E-state index in [4.69, 9.17) is 4.74 Å². The monoisotopic (exact) mass is 321 g/mol. The molecule has 1 atom stereocenters. The van der Waals surface area contributed by atoms with E-state index in [1.165, 1.54) is 5.56 Å². The number of rotatable bonds is 6. The Morgan fingerprint density at radius 2 is 2.04 bits per heavy atom. The Morgan fingerprint density at radius 1 is 1.21 bits per heavy atom. The summed E-state index contributed by atoms with van der Waals surface area (Å²) in [4.78, 5) is 12.2. The zero-order valence-corrected chi connectivity index (χ0v) is 14.0. The second-order valence-electron chi connectivity index (χ2n) is 6.21. The van der Waals surface area contributed by atoms with Crippen LogP contribution in [0.3, 0.4) is 0 Å². The van der Waals surface area contributed by atoms with Crippen molar-refractivity contribution in [2.45, 2.75) is 25.7 Å². The fraction of sp³-hybridized carbons (Fsp3) is 0.286. The highest BCUT2D eigenvalue weighted by Gasteiger charge is 2.14. The fourth-order valence-corrected chi connectivity index (χ4v) is 3.13. The molecule has 3 nitrogen and oxygen atoms in total. The molecule has 0 fully saturated rings. The van der Waals surface area contributed by atoms with E-state index in [1.54, 1.807) is 7.11 Å². The van der Waals surface area contributed by atoms with Crippen LogP contribution in [-0.2, 0) is 11.2 Å². The number of nitrogens with one attached hydrogen (secondary N) is 1. The second-order valence-corrected chi connectivity index (χ2v) is 6.21. The first kappa shape index (κ1) is 16.3. The molecule has 0 bridgehead atoms. The Balaban J connectivity index is 1.70. The van der Waals surface area contributed by atoms with Gasteiger partial charge in [0.2, 0.25) is 5.91 Å². The summed E-state index contributed by atoms with van der Waals surface area (Å²) in [6.07, 6.45) is 7.80. The van der Waals surface area contributed by atoms with E-state index in [1.807, 2.05) is 36.4 Å². The molecule has 1 aliphatic carbocycles. The molecule has 0 saturated heterocycles. The van der Waals surface area contributed by atoms with Crippen molar-refractivity contribution in [3.05, 3.63) is 71.8 Å². The molecule has 124 valence electrons. The summed E-state index contributed by atoms with van der Waals surface area (Å²) in [6.45, 7) is 0. The van der Waals surface area contributed by atoms with E-state index < -0.39 is 0 Å². The highest BCUT2D eigenvalue weighted by Crippen LogP contribution is 2.26. The van der Waals surface area contributed by atoms with Crippen LogP contribution in [-0.4, -0.2) is 13.0 Å². The Morgan fingerprint density at radius 3 is 2.75 bits per heavy atom. The minimum Gasteiger partial charge on any atom is -0.496 e. The normalized spacial score (nSPS) is 16.1. The third-order valence-corrected chi connectivity index (χ3v) is 4.36. The molecule has 1 N–H and O–H groups in total. The molecule has 3 heteroatoms. The number of hydrogen-bond acceptors (Lipinski definition) is 2. The predicted molar refractivity (Wildman–Crippen MR) is 97.4 cm³/mol. The van der Waals surface area contributed by atoms with Crippen LogP contribution >= 0.6 is 0 Å². The molecule has 1 amide bonds.